The molecule has 0 aliphatic carbocycles. The Bertz CT molecular complexity index is 552. The number of hydrogen-bond donors (Lipinski definition) is 4. The number of nitrogens with one attached hydrogen (secondary N) is 2. The molecule has 0 bridgehead atoms. The maximum Gasteiger partial charge on any atom is 0.320 e. The number of hydrogen-bond acceptors (Lipinski definition) is 4. The Morgan fingerprint density at radius 3 is 2.26 bits per heavy atom. The molecule has 23 heavy (non-hydrogen) atoms. The number of carboxylic acids is 1. The number of carboxylic acid groups (broad SMARTS) is 1. The Kier molecular flexibility index (Phi) is 7.44. The monoisotopic (exact) mass is 320 g/mol. The Morgan fingerprint density at radius 2 is 1.78 bits per heavy atom. The van der Waals surface area contributed by atoms with Gasteiger partial charge in [0.1, 0.15) is 6.04 Å². The summed E-state index contributed by atoms with van der Waals surface area (Å²) < 4.78 is 0. The Hall–Kier alpha value is -2.18. The molecular formula is C17H24N2O4. The van der Waals surface area contributed by atoms with Crippen molar-refractivity contribution in [2.24, 2.45) is 5.92 Å². The third-order valence-corrected chi connectivity index (χ3v) is 3.43. The molecule has 2 atom stereocenters. The molecule has 126 valence electrons. The molecule has 6 nitrogen and oxygen atoms in total. The predicted molar refractivity (Wildman–Crippen MR) is 87.8 cm³/mol. The smallest absolute Gasteiger partial charge is 0.320 e. The highest BCUT2D eigenvalue weighted by Gasteiger charge is 2.21. The van der Waals surface area contributed by atoms with Crippen molar-refractivity contribution in [3.63, 3.8) is 0 Å². The fraction of sp³-hybridized carbons (Fsp3) is 0.412. The number of carbonyl (C=O) groups excluding carboxylic acids is 1. The molecule has 0 aliphatic heterocycles. The van der Waals surface area contributed by atoms with Crippen molar-refractivity contribution >= 4 is 18.0 Å². The van der Waals surface area contributed by atoms with Gasteiger partial charge in [0, 0.05) is 12.1 Å². The number of aliphatic carboxylic acids is 1. The van der Waals surface area contributed by atoms with Crippen LogP contribution in [0.3, 0.4) is 0 Å². The Morgan fingerprint density at radius 1 is 1.17 bits per heavy atom. The van der Waals surface area contributed by atoms with Crippen molar-refractivity contribution in [1.29, 1.82) is 0 Å². The summed E-state index contributed by atoms with van der Waals surface area (Å²) in [5.41, 5.74) is 3.29. The zero-order valence-electron chi connectivity index (χ0n) is 13.6. The molecular weight excluding hydrogens is 296 g/mol. The van der Waals surface area contributed by atoms with E-state index in [9.17, 15) is 14.7 Å². The van der Waals surface area contributed by atoms with Gasteiger partial charge < -0.3 is 5.11 Å². The highest BCUT2D eigenvalue weighted by atomic mass is 16.5. The molecule has 0 radical (unpaired) electrons. The van der Waals surface area contributed by atoms with Crippen LogP contribution in [-0.2, 0) is 9.59 Å². The zero-order chi connectivity index (χ0) is 17.4. The summed E-state index contributed by atoms with van der Waals surface area (Å²) in [4.78, 5) is 22.2. The summed E-state index contributed by atoms with van der Waals surface area (Å²) in [6.45, 7) is 5.90. The number of rotatable bonds is 8. The second-order valence-electron chi connectivity index (χ2n) is 5.88. The van der Waals surface area contributed by atoms with E-state index < -0.39 is 17.9 Å². The van der Waals surface area contributed by atoms with Gasteiger partial charge in [0.25, 0.3) is 5.91 Å². The summed E-state index contributed by atoms with van der Waals surface area (Å²) in [5, 5.41) is 20.8. The van der Waals surface area contributed by atoms with Crippen LogP contribution in [-0.4, -0.2) is 28.2 Å². The maximum absolute atomic E-state index is 11.3. The average molecular weight is 320 g/mol. The minimum absolute atomic E-state index is 0.103. The van der Waals surface area contributed by atoms with Crippen LogP contribution in [0.2, 0.25) is 0 Å². The molecule has 0 heterocycles. The number of amides is 1. The fourth-order valence-electron chi connectivity index (χ4n) is 2.21. The maximum atomic E-state index is 11.3. The SMILES string of the molecule is CC(C)C[C@H](NC(C)c1ccc(/C=C/C(=O)NO)cc1)C(=O)O. The quantitative estimate of drug-likeness (QED) is 0.335. The minimum atomic E-state index is -0.847. The standard InChI is InChI=1S/C17H24N2O4/c1-11(2)10-15(17(21)22)18-12(3)14-7-4-13(5-8-14)6-9-16(20)19-23/h4-9,11-12,15,18,23H,10H2,1-3H3,(H,19,20)(H,21,22)/b9-6+/t12?,15-/m0/s1. The molecule has 1 amide bonds. The lowest BCUT2D eigenvalue weighted by Gasteiger charge is -2.22. The van der Waals surface area contributed by atoms with Crippen molar-refractivity contribution in [2.45, 2.75) is 39.3 Å². The van der Waals surface area contributed by atoms with Gasteiger partial charge in [0.15, 0.2) is 0 Å². The third kappa shape index (κ3) is 6.63. The van der Waals surface area contributed by atoms with Crippen LogP contribution < -0.4 is 10.8 Å². The molecule has 1 rings (SSSR count). The number of hydroxylamine groups is 1. The third-order valence-electron chi connectivity index (χ3n) is 3.43. The van der Waals surface area contributed by atoms with Gasteiger partial charge in [0.05, 0.1) is 0 Å². The molecule has 0 aliphatic rings. The van der Waals surface area contributed by atoms with E-state index in [1.165, 1.54) is 11.6 Å². The molecule has 0 saturated heterocycles. The van der Waals surface area contributed by atoms with Gasteiger partial charge in [-0.2, -0.15) is 0 Å². The highest BCUT2D eigenvalue weighted by molar-refractivity contribution is 5.90. The first-order valence-electron chi connectivity index (χ1n) is 7.54. The van der Waals surface area contributed by atoms with Crippen LogP contribution in [0, 0.1) is 5.92 Å². The molecule has 6 heteroatoms. The summed E-state index contributed by atoms with van der Waals surface area (Å²) in [5.74, 6) is -1.15. The lowest BCUT2D eigenvalue weighted by Crippen LogP contribution is -2.39. The van der Waals surface area contributed by atoms with Crippen LogP contribution in [0.1, 0.15) is 44.4 Å². The average Bonchev–Trinajstić information content (AvgIpc) is 2.51. The second-order valence-corrected chi connectivity index (χ2v) is 5.88. The molecule has 1 aromatic rings. The molecule has 0 aromatic heterocycles. The van der Waals surface area contributed by atoms with Gasteiger partial charge in [-0.15, -0.1) is 0 Å². The van der Waals surface area contributed by atoms with Crippen LogP contribution in [0.4, 0.5) is 0 Å². The van der Waals surface area contributed by atoms with Crippen molar-refractivity contribution in [3.8, 4) is 0 Å². The topological polar surface area (TPSA) is 98.7 Å². The van der Waals surface area contributed by atoms with Crippen LogP contribution >= 0.6 is 0 Å². The lowest BCUT2D eigenvalue weighted by molar-refractivity contribution is -0.140. The van der Waals surface area contributed by atoms with Crippen molar-refractivity contribution in [2.75, 3.05) is 0 Å². The minimum Gasteiger partial charge on any atom is -0.480 e. The highest BCUT2D eigenvalue weighted by Crippen LogP contribution is 2.17. The number of carbonyl (C=O) groups is 2. The second kappa shape index (κ2) is 9.07. The lowest BCUT2D eigenvalue weighted by atomic mass is 10.0. The summed E-state index contributed by atoms with van der Waals surface area (Å²) in [7, 11) is 0. The molecule has 1 aromatic carbocycles. The van der Waals surface area contributed by atoms with E-state index in [4.69, 9.17) is 5.21 Å². The normalized spacial score (nSPS) is 14.0. The summed E-state index contributed by atoms with van der Waals surface area (Å²) >= 11 is 0. The predicted octanol–water partition coefficient (Wildman–Crippen LogP) is 2.36. The first-order chi connectivity index (χ1) is 10.8. The van der Waals surface area contributed by atoms with Gasteiger partial charge >= 0.3 is 5.97 Å². The Balaban J connectivity index is 2.72. The molecule has 4 N–H and O–H groups in total. The van der Waals surface area contributed by atoms with E-state index in [1.54, 1.807) is 6.08 Å². The van der Waals surface area contributed by atoms with E-state index in [2.05, 4.69) is 5.32 Å². The first kappa shape index (κ1) is 18.9. The van der Waals surface area contributed by atoms with Crippen LogP contribution in [0.25, 0.3) is 6.08 Å². The van der Waals surface area contributed by atoms with Gasteiger partial charge in [-0.25, -0.2) is 5.48 Å². The van der Waals surface area contributed by atoms with E-state index in [-0.39, 0.29) is 6.04 Å². The molecule has 0 saturated carbocycles. The molecule has 0 spiro atoms. The Labute approximate surface area is 136 Å². The fourth-order valence-corrected chi connectivity index (χ4v) is 2.21. The van der Waals surface area contributed by atoms with Gasteiger partial charge in [-0.1, -0.05) is 38.1 Å². The summed E-state index contributed by atoms with van der Waals surface area (Å²) in [6, 6.07) is 6.72. The van der Waals surface area contributed by atoms with E-state index in [0.717, 1.165) is 11.1 Å². The summed E-state index contributed by atoms with van der Waals surface area (Å²) in [6.07, 6.45) is 3.36. The molecule has 0 fully saturated rings. The largest absolute Gasteiger partial charge is 0.480 e. The van der Waals surface area contributed by atoms with Gasteiger partial charge in [-0.3, -0.25) is 20.1 Å². The van der Waals surface area contributed by atoms with E-state index >= 15 is 0 Å². The van der Waals surface area contributed by atoms with Crippen LogP contribution in [0.15, 0.2) is 30.3 Å². The number of benzene rings is 1. The zero-order valence-corrected chi connectivity index (χ0v) is 13.6. The van der Waals surface area contributed by atoms with Crippen molar-refractivity contribution in [1.82, 2.24) is 10.8 Å². The van der Waals surface area contributed by atoms with E-state index in [0.29, 0.717) is 12.3 Å². The molecule has 1 unspecified atom stereocenters. The van der Waals surface area contributed by atoms with Gasteiger partial charge in [-0.05, 0) is 36.5 Å². The first-order valence-corrected chi connectivity index (χ1v) is 7.54. The van der Waals surface area contributed by atoms with Crippen molar-refractivity contribution < 1.29 is 19.9 Å². The van der Waals surface area contributed by atoms with Gasteiger partial charge in [0.2, 0.25) is 0 Å². The van der Waals surface area contributed by atoms with Crippen molar-refractivity contribution in [3.05, 3.63) is 41.5 Å². The van der Waals surface area contributed by atoms with E-state index in [1.807, 2.05) is 45.0 Å². The van der Waals surface area contributed by atoms with Crippen LogP contribution in [0.5, 0.6) is 0 Å².